The first-order chi connectivity index (χ1) is 8.43. The Bertz CT molecular complexity index is 479. The largest absolute Gasteiger partial charge is 0.377 e. The van der Waals surface area contributed by atoms with Crippen LogP contribution in [-0.2, 0) is 4.74 Å². The van der Waals surface area contributed by atoms with Crippen LogP contribution in [0.2, 0.25) is 5.15 Å². The number of halogens is 1. The molecule has 1 fully saturated rings. The van der Waals surface area contributed by atoms with Crippen LogP contribution in [0.5, 0.6) is 0 Å². The van der Waals surface area contributed by atoms with Crippen molar-refractivity contribution in [3.05, 3.63) is 27.5 Å². The van der Waals surface area contributed by atoms with Gasteiger partial charge in [0.15, 0.2) is 0 Å². The molecule has 6 nitrogen and oxygen atoms in total. The summed E-state index contributed by atoms with van der Waals surface area (Å²) >= 11 is 5.83. The summed E-state index contributed by atoms with van der Waals surface area (Å²) in [5, 5.41) is 11.0. The van der Waals surface area contributed by atoms with Crippen LogP contribution in [0.3, 0.4) is 0 Å². The maximum atomic E-state index is 11.1. The van der Waals surface area contributed by atoms with Gasteiger partial charge in [-0.05, 0) is 19.9 Å². The van der Waals surface area contributed by atoms with Gasteiger partial charge in [0.25, 0.3) is 0 Å². The van der Waals surface area contributed by atoms with Crippen LogP contribution >= 0.6 is 11.6 Å². The molecule has 7 heteroatoms. The van der Waals surface area contributed by atoms with Crippen LogP contribution in [0.25, 0.3) is 0 Å². The van der Waals surface area contributed by atoms with E-state index in [9.17, 15) is 10.1 Å². The number of ether oxygens (including phenoxy) is 1. The predicted molar refractivity (Wildman–Crippen MR) is 68.1 cm³/mol. The lowest BCUT2D eigenvalue weighted by atomic mass is 10.0. The van der Waals surface area contributed by atoms with E-state index >= 15 is 0 Å². The molecule has 98 valence electrons. The van der Waals surface area contributed by atoms with Gasteiger partial charge in [0, 0.05) is 12.7 Å². The number of pyridine rings is 1. The van der Waals surface area contributed by atoms with Crippen LogP contribution in [0.4, 0.5) is 11.4 Å². The third-order valence-electron chi connectivity index (χ3n) is 2.98. The number of morpholine rings is 1. The van der Waals surface area contributed by atoms with E-state index in [-0.39, 0.29) is 16.4 Å². The summed E-state index contributed by atoms with van der Waals surface area (Å²) in [5.41, 5.74) is 0.0377. The molecule has 0 amide bonds. The Morgan fingerprint density at radius 2 is 2.33 bits per heavy atom. The van der Waals surface area contributed by atoms with Crippen LogP contribution in [0.1, 0.15) is 13.8 Å². The number of anilines is 1. The Hall–Kier alpha value is -1.40. The molecule has 0 saturated carbocycles. The van der Waals surface area contributed by atoms with Crippen molar-refractivity contribution in [1.29, 1.82) is 0 Å². The molecule has 1 aliphatic heterocycles. The number of nitro groups is 1. The fourth-order valence-corrected chi connectivity index (χ4v) is 2.33. The number of rotatable bonds is 2. The summed E-state index contributed by atoms with van der Waals surface area (Å²) in [7, 11) is 0. The Morgan fingerprint density at radius 1 is 1.61 bits per heavy atom. The van der Waals surface area contributed by atoms with Gasteiger partial charge in [0.2, 0.25) is 5.15 Å². The van der Waals surface area contributed by atoms with Gasteiger partial charge in [-0.2, -0.15) is 0 Å². The molecule has 0 unspecified atom stereocenters. The Balaban J connectivity index is 2.50. The van der Waals surface area contributed by atoms with Gasteiger partial charge in [-0.25, -0.2) is 4.98 Å². The zero-order valence-electron chi connectivity index (χ0n) is 10.2. The van der Waals surface area contributed by atoms with Crippen molar-refractivity contribution in [2.75, 3.05) is 24.7 Å². The van der Waals surface area contributed by atoms with Crippen LogP contribution in [-0.4, -0.2) is 35.2 Å². The summed E-state index contributed by atoms with van der Waals surface area (Å²) in [4.78, 5) is 16.3. The third kappa shape index (κ3) is 2.26. The topological polar surface area (TPSA) is 68.5 Å². The van der Waals surface area contributed by atoms with E-state index in [1.807, 2.05) is 18.7 Å². The molecule has 2 rings (SSSR count). The van der Waals surface area contributed by atoms with Crippen LogP contribution in [0.15, 0.2) is 12.3 Å². The van der Waals surface area contributed by atoms with Gasteiger partial charge in [-0.15, -0.1) is 0 Å². The first kappa shape index (κ1) is 13.0. The minimum atomic E-state index is -0.490. The summed E-state index contributed by atoms with van der Waals surface area (Å²) < 4.78 is 5.41. The maximum Gasteiger partial charge on any atom is 0.329 e. The minimum Gasteiger partial charge on any atom is -0.377 e. The van der Waals surface area contributed by atoms with Crippen molar-refractivity contribution in [2.24, 2.45) is 0 Å². The van der Waals surface area contributed by atoms with Crippen molar-refractivity contribution in [3.8, 4) is 0 Å². The quantitative estimate of drug-likeness (QED) is 0.469. The maximum absolute atomic E-state index is 11.1. The lowest BCUT2D eigenvalue weighted by Gasteiger charge is -2.43. The van der Waals surface area contributed by atoms with Crippen LogP contribution in [0, 0.1) is 10.1 Å². The van der Waals surface area contributed by atoms with Gasteiger partial charge in [-0.3, -0.25) is 10.1 Å². The van der Waals surface area contributed by atoms with Gasteiger partial charge >= 0.3 is 5.69 Å². The lowest BCUT2D eigenvalue weighted by molar-refractivity contribution is -0.384. The second-order valence-electron chi connectivity index (χ2n) is 4.74. The molecule has 0 aromatic carbocycles. The van der Waals surface area contributed by atoms with E-state index in [0.29, 0.717) is 25.4 Å². The van der Waals surface area contributed by atoms with Crippen molar-refractivity contribution >= 4 is 23.0 Å². The first-order valence-electron chi connectivity index (χ1n) is 5.58. The molecular formula is C11H14ClN3O3. The average Bonchev–Trinajstić information content (AvgIpc) is 2.27. The van der Waals surface area contributed by atoms with Gasteiger partial charge in [0.1, 0.15) is 5.69 Å². The van der Waals surface area contributed by atoms with Gasteiger partial charge < -0.3 is 9.64 Å². The monoisotopic (exact) mass is 271 g/mol. The molecule has 18 heavy (non-hydrogen) atoms. The Kier molecular flexibility index (Phi) is 3.41. The van der Waals surface area contributed by atoms with E-state index in [1.165, 1.54) is 6.20 Å². The van der Waals surface area contributed by atoms with E-state index in [0.717, 1.165) is 0 Å². The standard InChI is InChI=1S/C11H14ClN3O3/c1-11(2)7-18-6-5-14(11)8-3-4-13-10(12)9(8)15(16)17/h3-4H,5-7H2,1-2H3. The number of nitrogens with zero attached hydrogens (tertiary/aromatic N) is 3. The summed E-state index contributed by atoms with van der Waals surface area (Å²) in [6, 6.07) is 1.62. The van der Waals surface area contributed by atoms with Crippen molar-refractivity contribution < 1.29 is 9.66 Å². The van der Waals surface area contributed by atoms with Crippen molar-refractivity contribution in [3.63, 3.8) is 0 Å². The molecule has 1 aliphatic rings. The molecular weight excluding hydrogens is 258 g/mol. The molecule has 0 N–H and O–H groups in total. The zero-order chi connectivity index (χ0) is 13.3. The first-order valence-corrected chi connectivity index (χ1v) is 5.95. The van der Waals surface area contributed by atoms with Crippen molar-refractivity contribution in [2.45, 2.75) is 19.4 Å². The summed E-state index contributed by atoms with van der Waals surface area (Å²) in [6.45, 7) is 5.60. The molecule has 0 bridgehead atoms. The molecule has 0 aliphatic carbocycles. The fourth-order valence-electron chi connectivity index (χ4n) is 2.11. The normalized spacial score (nSPS) is 18.7. The number of aromatic nitrogens is 1. The van der Waals surface area contributed by atoms with E-state index in [4.69, 9.17) is 16.3 Å². The Morgan fingerprint density at radius 3 is 2.94 bits per heavy atom. The predicted octanol–water partition coefficient (Wildman–Crippen LogP) is 2.26. The third-order valence-corrected chi connectivity index (χ3v) is 3.25. The molecule has 1 aromatic heterocycles. The van der Waals surface area contributed by atoms with E-state index < -0.39 is 4.92 Å². The van der Waals surface area contributed by atoms with Crippen molar-refractivity contribution in [1.82, 2.24) is 4.98 Å². The molecule has 0 radical (unpaired) electrons. The zero-order valence-corrected chi connectivity index (χ0v) is 11.0. The minimum absolute atomic E-state index is 0.0835. The van der Waals surface area contributed by atoms with E-state index in [2.05, 4.69) is 4.98 Å². The fraction of sp³-hybridized carbons (Fsp3) is 0.545. The molecule has 1 aromatic rings. The molecule has 0 atom stereocenters. The molecule has 0 spiro atoms. The lowest BCUT2D eigenvalue weighted by Crippen LogP contribution is -2.53. The number of hydrogen-bond acceptors (Lipinski definition) is 5. The van der Waals surface area contributed by atoms with Gasteiger partial charge in [0.05, 0.1) is 23.7 Å². The molecule has 2 heterocycles. The molecule has 1 saturated heterocycles. The highest BCUT2D eigenvalue weighted by atomic mass is 35.5. The highest BCUT2D eigenvalue weighted by Gasteiger charge is 2.35. The average molecular weight is 272 g/mol. The summed E-state index contributed by atoms with van der Waals surface area (Å²) in [5.74, 6) is 0. The second-order valence-corrected chi connectivity index (χ2v) is 5.10. The Labute approximate surface area is 110 Å². The summed E-state index contributed by atoms with van der Waals surface area (Å²) in [6.07, 6.45) is 1.48. The van der Waals surface area contributed by atoms with E-state index in [1.54, 1.807) is 6.07 Å². The SMILES string of the molecule is CC1(C)COCCN1c1ccnc(Cl)c1[N+](=O)[O-]. The second kappa shape index (κ2) is 4.70. The highest BCUT2D eigenvalue weighted by molar-refractivity contribution is 6.32. The van der Waals surface area contributed by atoms with Gasteiger partial charge in [-0.1, -0.05) is 11.6 Å². The number of hydrogen-bond donors (Lipinski definition) is 0. The highest BCUT2D eigenvalue weighted by Crippen LogP contribution is 2.37. The smallest absolute Gasteiger partial charge is 0.329 e. The van der Waals surface area contributed by atoms with Crippen LogP contribution < -0.4 is 4.90 Å².